The topological polar surface area (TPSA) is 94.2 Å². The van der Waals surface area contributed by atoms with Crippen molar-refractivity contribution in [2.45, 2.75) is 0 Å². The minimum atomic E-state index is -0.129. The highest BCUT2D eigenvalue weighted by atomic mass is 16.2. The Labute approximate surface area is 106 Å². The summed E-state index contributed by atoms with van der Waals surface area (Å²) >= 11 is 0. The van der Waals surface area contributed by atoms with Crippen molar-refractivity contribution in [2.75, 3.05) is 38.2 Å². The number of nitrogens with zero attached hydrogens (tertiary/aromatic N) is 2. The molecular weight excluding hydrogens is 230 g/mol. The predicted octanol–water partition coefficient (Wildman–Crippen LogP) is 0.824. The highest BCUT2D eigenvalue weighted by Gasteiger charge is 2.02. The Morgan fingerprint density at radius 3 is 2.72 bits per heavy atom. The predicted molar refractivity (Wildman–Crippen MR) is 71.1 cm³/mol. The number of carbonyl (C=O) groups excluding carboxylic acids is 1. The van der Waals surface area contributed by atoms with Crippen LogP contribution >= 0.6 is 0 Å². The minimum absolute atomic E-state index is 0.129. The van der Waals surface area contributed by atoms with Gasteiger partial charge in [-0.25, -0.2) is 4.79 Å². The highest BCUT2D eigenvalue weighted by Crippen LogP contribution is 2.16. The number of urea groups is 1. The number of rotatable bonds is 4. The van der Waals surface area contributed by atoms with E-state index in [1.165, 1.54) is 4.90 Å². The smallest absolute Gasteiger partial charge is 0.316 e. The molecular formula is C12H17N5O. The van der Waals surface area contributed by atoms with Gasteiger partial charge >= 0.3 is 6.03 Å². The van der Waals surface area contributed by atoms with Crippen LogP contribution in [0.2, 0.25) is 0 Å². The summed E-state index contributed by atoms with van der Waals surface area (Å²) in [5, 5.41) is 14.6. The van der Waals surface area contributed by atoms with Crippen LogP contribution in [0.25, 0.3) is 0 Å². The second-order valence-electron chi connectivity index (χ2n) is 3.97. The summed E-state index contributed by atoms with van der Waals surface area (Å²) in [6, 6.07) is 7.02. The third-order valence-electron chi connectivity index (χ3n) is 2.31. The zero-order valence-electron chi connectivity index (χ0n) is 10.5. The fraction of sp³-hybridized carbons (Fsp3) is 0.333. The lowest BCUT2D eigenvalue weighted by atomic mass is 10.2. The molecule has 96 valence electrons. The third-order valence-corrected chi connectivity index (χ3v) is 2.31. The van der Waals surface area contributed by atoms with E-state index in [0.29, 0.717) is 24.3 Å². The molecule has 4 N–H and O–H groups in total. The molecule has 1 aromatic rings. The van der Waals surface area contributed by atoms with Gasteiger partial charge in [-0.05, 0) is 18.2 Å². The standard InChI is InChI=1S/C12H17N5O/c1-17(2)12(18)16-6-5-15-10-4-3-9(8-13)11(14)7-10/h3-4,7,15H,5-6,14H2,1-2H3,(H,16,18). The molecule has 18 heavy (non-hydrogen) atoms. The Kier molecular flexibility index (Phi) is 4.81. The lowest BCUT2D eigenvalue weighted by molar-refractivity contribution is 0.218. The third kappa shape index (κ3) is 3.87. The second-order valence-corrected chi connectivity index (χ2v) is 3.97. The van der Waals surface area contributed by atoms with Gasteiger partial charge in [-0.3, -0.25) is 0 Å². The normalized spacial score (nSPS) is 9.39. The first-order valence-corrected chi connectivity index (χ1v) is 5.53. The van der Waals surface area contributed by atoms with E-state index in [4.69, 9.17) is 11.0 Å². The minimum Gasteiger partial charge on any atom is -0.398 e. The van der Waals surface area contributed by atoms with E-state index >= 15 is 0 Å². The van der Waals surface area contributed by atoms with Gasteiger partial charge in [-0.2, -0.15) is 5.26 Å². The molecule has 0 fully saturated rings. The van der Waals surface area contributed by atoms with E-state index in [1.807, 2.05) is 6.07 Å². The Bertz CT molecular complexity index is 464. The van der Waals surface area contributed by atoms with Gasteiger partial charge in [-0.15, -0.1) is 0 Å². The zero-order chi connectivity index (χ0) is 13.5. The van der Waals surface area contributed by atoms with Crippen LogP contribution in [-0.4, -0.2) is 38.1 Å². The molecule has 0 aliphatic carbocycles. The Morgan fingerprint density at radius 1 is 1.44 bits per heavy atom. The average molecular weight is 247 g/mol. The van der Waals surface area contributed by atoms with Crippen molar-refractivity contribution in [3.05, 3.63) is 23.8 Å². The van der Waals surface area contributed by atoms with Crippen LogP contribution in [0.5, 0.6) is 0 Å². The first kappa shape index (κ1) is 13.6. The van der Waals surface area contributed by atoms with Crippen LogP contribution in [0, 0.1) is 11.3 Å². The molecule has 6 nitrogen and oxygen atoms in total. The summed E-state index contributed by atoms with van der Waals surface area (Å²) < 4.78 is 0. The number of benzene rings is 1. The first-order chi connectivity index (χ1) is 8.54. The molecule has 0 heterocycles. The van der Waals surface area contributed by atoms with E-state index in [9.17, 15) is 4.79 Å². The summed E-state index contributed by atoms with van der Waals surface area (Å²) in [4.78, 5) is 12.7. The van der Waals surface area contributed by atoms with Crippen molar-refractivity contribution in [3.8, 4) is 6.07 Å². The molecule has 1 rings (SSSR count). The van der Waals surface area contributed by atoms with Gasteiger partial charge in [0, 0.05) is 32.9 Å². The van der Waals surface area contributed by atoms with Crippen molar-refractivity contribution in [1.29, 1.82) is 5.26 Å². The summed E-state index contributed by atoms with van der Waals surface area (Å²) in [5.41, 5.74) is 7.41. The summed E-state index contributed by atoms with van der Waals surface area (Å²) in [7, 11) is 3.37. The monoisotopic (exact) mass is 247 g/mol. The van der Waals surface area contributed by atoms with Crippen molar-refractivity contribution >= 4 is 17.4 Å². The van der Waals surface area contributed by atoms with Crippen molar-refractivity contribution in [2.24, 2.45) is 0 Å². The fourth-order valence-electron chi connectivity index (χ4n) is 1.31. The number of hydrogen-bond donors (Lipinski definition) is 3. The van der Waals surface area contributed by atoms with E-state index in [-0.39, 0.29) is 6.03 Å². The Morgan fingerprint density at radius 2 is 2.17 bits per heavy atom. The van der Waals surface area contributed by atoms with Gasteiger partial charge in [0.15, 0.2) is 0 Å². The van der Waals surface area contributed by atoms with E-state index in [2.05, 4.69) is 10.6 Å². The quantitative estimate of drug-likeness (QED) is 0.542. The number of amides is 2. The molecule has 0 aliphatic rings. The van der Waals surface area contributed by atoms with Crippen LogP contribution in [-0.2, 0) is 0 Å². The number of nitrogens with two attached hydrogens (primary N) is 1. The van der Waals surface area contributed by atoms with E-state index in [1.54, 1.807) is 32.3 Å². The maximum absolute atomic E-state index is 11.2. The van der Waals surface area contributed by atoms with Crippen molar-refractivity contribution < 1.29 is 4.79 Å². The van der Waals surface area contributed by atoms with E-state index in [0.717, 1.165) is 5.69 Å². The number of anilines is 2. The number of carbonyl (C=O) groups is 1. The molecule has 0 bridgehead atoms. The van der Waals surface area contributed by atoms with E-state index < -0.39 is 0 Å². The first-order valence-electron chi connectivity index (χ1n) is 5.53. The van der Waals surface area contributed by atoms with Gasteiger partial charge in [0.2, 0.25) is 0 Å². The van der Waals surface area contributed by atoms with Crippen molar-refractivity contribution in [1.82, 2.24) is 10.2 Å². The van der Waals surface area contributed by atoms with Crippen LogP contribution < -0.4 is 16.4 Å². The Hall–Kier alpha value is -2.42. The van der Waals surface area contributed by atoms with Crippen LogP contribution in [0.4, 0.5) is 16.2 Å². The van der Waals surface area contributed by atoms with Crippen LogP contribution in [0.3, 0.4) is 0 Å². The lowest BCUT2D eigenvalue weighted by Crippen LogP contribution is -2.37. The lowest BCUT2D eigenvalue weighted by Gasteiger charge is -2.12. The number of nitrogen functional groups attached to an aromatic ring is 1. The SMILES string of the molecule is CN(C)C(=O)NCCNc1ccc(C#N)c(N)c1. The van der Waals surface area contributed by atoms with Crippen LogP contribution in [0.15, 0.2) is 18.2 Å². The van der Waals surface area contributed by atoms with Gasteiger partial charge < -0.3 is 21.3 Å². The van der Waals surface area contributed by atoms with Crippen LogP contribution in [0.1, 0.15) is 5.56 Å². The highest BCUT2D eigenvalue weighted by molar-refractivity contribution is 5.73. The molecule has 0 aromatic heterocycles. The molecule has 0 unspecified atom stereocenters. The zero-order valence-corrected chi connectivity index (χ0v) is 10.5. The van der Waals surface area contributed by atoms with Gasteiger partial charge in [0.05, 0.1) is 11.3 Å². The number of nitrogens with one attached hydrogen (secondary N) is 2. The summed E-state index contributed by atoms with van der Waals surface area (Å²) in [6.07, 6.45) is 0. The molecule has 0 spiro atoms. The maximum atomic E-state index is 11.2. The molecule has 0 saturated carbocycles. The number of hydrogen-bond acceptors (Lipinski definition) is 4. The molecule has 0 radical (unpaired) electrons. The molecule has 6 heteroatoms. The molecule has 0 atom stereocenters. The molecule has 0 aliphatic heterocycles. The average Bonchev–Trinajstić information content (AvgIpc) is 2.34. The molecule has 2 amide bonds. The molecule has 0 saturated heterocycles. The summed E-state index contributed by atoms with van der Waals surface area (Å²) in [6.45, 7) is 1.10. The number of nitriles is 1. The van der Waals surface area contributed by atoms with Gasteiger partial charge in [0.25, 0.3) is 0 Å². The van der Waals surface area contributed by atoms with Crippen molar-refractivity contribution in [3.63, 3.8) is 0 Å². The maximum Gasteiger partial charge on any atom is 0.316 e. The summed E-state index contributed by atoms with van der Waals surface area (Å²) in [5.74, 6) is 0. The Balaban J connectivity index is 2.39. The molecule has 1 aromatic carbocycles. The second kappa shape index (κ2) is 6.35. The largest absolute Gasteiger partial charge is 0.398 e. The van der Waals surface area contributed by atoms with Gasteiger partial charge in [-0.1, -0.05) is 0 Å². The van der Waals surface area contributed by atoms with Gasteiger partial charge in [0.1, 0.15) is 6.07 Å². The fourth-order valence-corrected chi connectivity index (χ4v) is 1.31.